The predicted molar refractivity (Wildman–Crippen MR) is 82.4 cm³/mol. The van der Waals surface area contributed by atoms with Gasteiger partial charge in [0.05, 0.1) is 18.1 Å². The van der Waals surface area contributed by atoms with Crippen LogP contribution in [0.5, 0.6) is 0 Å². The lowest BCUT2D eigenvalue weighted by atomic mass is 9.94. The number of nitrogens with zero attached hydrogens (tertiary/aromatic N) is 1. The van der Waals surface area contributed by atoms with Crippen molar-refractivity contribution in [1.82, 2.24) is 10.2 Å². The maximum Gasteiger partial charge on any atom is 0.223 e. The first kappa shape index (κ1) is 16.3. The molecule has 1 amide bonds. The van der Waals surface area contributed by atoms with Gasteiger partial charge in [0.2, 0.25) is 5.91 Å². The molecular weight excluding hydrogens is 288 g/mol. The molecule has 6 heteroatoms. The largest absolute Gasteiger partial charge is 0.328 e. The number of terminal acetylenes is 1. The van der Waals surface area contributed by atoms with E-state index in [4.69, 9.17) is 6.42 Å². The Labute approximate surface area is 127 Å². The molecule has 2 fully saturated rings. The van der Waals surface area contributed by atoms with Crippen LogP contribution in [0.3, 0.4) is 0 Å². The molecule has 0 bridgehead atoms. The van der Waals surface area contributed by atoms with E-state index in [2.05, 4.69) is 11.2 Å². The molecule has 5 nitrogen and oxygen atoms in total. The molecule has 0 saturated carbocycles. The van der Waals surface area contributed by atoms with Gasteiger partial charge in [0.1, 0.15) is 0 Å². The van der Waals surface area contributed by atoms with Crippen LogP contribution in [-0.4, -0.2) is 56.4 Å². The number of piperidine rings is 1. The van der Waals surface area contributed by atoms with Crippen LogP contribution in [0.1, 0.15) is 32.1 Å². The van der Waals surface area contributed by atoms with Crippen molar-refractivity contribution < 1.29 is 13.2 Å². The molecule has 118 valence electrons. The standard InChI is InChI=1S/C15H24N2O3S/c1-2-9-17(14-7-10-21(19,20)12-14)15(18)6-5-13-4-3-8-16-11-13/h1,13-14,16H,3-12H2. The van der Waals surface area contributed by atoms with E-state index >= 15 is 0 Å². The highest BCUT2D eigenvalue weighted by Crippen LogP contribution is 2.21. The van der Waals surface area contributed by atoms with Crippen molar-refractivity contribution in [3.8, 4) is 12.3 Å². The highest BCUT2D eigenvalue weighted by Gasteiger charge is 2.34. The highest BCUT2D eigenvalue weighted by molar-refractivity contribution is 7.91. The molecule has 0 aliphatic carbocycles. The molecule has 2 aliphatic rings. The fourth-order valence-electron chi connectivity index (χ4n) is 3.18. The van der Waals surface area contributed by atoms with E-state index in [-0.39, 0.29) is 30.0 Å². The number of hydrogen-bond donors (Lipinski definition) is 1. The summed E-state index contributed by atoms with van der Waals surface area (Å²) in [7, 11) is -3.00. The van der Waals surface area contributed by atoms with Crippen molar-refractivity contribution in [2.75, 3.05) is 31.1 Å². The number of nitrogens with one attached hydrogen (secondary N) is 1. The zero-order valence-corrected chi connectivity index (χ0v) is 13.2. The summed E-state index contributed by atoms with van der Waals surface area (Å²) in [6.45, 7) is 2.25. The minimum Gasteiger partial charge on any atom is -0.328 e. The molecular formula is C15H24N2O3S. The molecule has 0 aromatic rings. The van der Waals surface area contributed by atoms with E-state index in [1.165, 1.54) is 0 Å². The fourth-order valence-corrected chi connectivity index (χ4v) is 4.91. The van der Waals surface area contributed by atoms with E-state index in [0.29, 0.717) is 18.8 Å². The average molecular weight is 312 g/mol. The third-order valence-electron chi connectivity index (χ3n) is 4.40. The Kier molecular flexibility index (Phi) is 5.65. The van der Waals surface area contributed by atoms with E-state index in [9.17, 15) is 13.2 Å². The number of sulfone groups is 1. The van der Waals surface area contributed by atoms with E-state index in [1.54, 1.807) is 4.90 Å². The summed E-state index contributed by atoms with van der Waals surface area (Å²) in [6, 6.07) is -0.233. The monoisotopic (exact) mass is 312 g/mol. The van der Waals surface area contributed by atoms with Gasteiger partial charge in [-0.1, -0.05) is 5.92 Å². The van der Waals surface area contributed by atoms with Crippen molar-refractivity contribution >= 4 is 15.7 Å². The lowest BCUT2D eigenvalue weighted by Gasteiger charge is -2.28. The minimum atomic E-state index is -3.00. The normalized spacial score (nSPS) is 28.0. The topological polar surface area (TPSA) is 66.5 Å². The van der Waals surface area contributed by atoms with Crippen LogP contribution >= 0.6 is 0 Å². The maximum absolute atomic E-state index is 12.4. The van der Waals surface area contributed by atoms with Crippen LogP contribution < -0.4 is 5.32 Å². The van der Waals surface area contributed by atoms with Gasteiger partial charge in [-0.3, -0.25) is 4.79 Å². The molecule has 1 N–H and O–H groups in total. The summed E-state index contributed by atoms with van der Waals surface area (Å²) < 4.78 is 23.2. The van der Waals surface area contributed by atoms with Crippen molar-refractivity contribution in [2.45, 2.75) is 38.1 Å². The number of hydrogen-bond acceptors (Lipinski definition) is 4. The molecule has 2 heterocycles. The quantitative estimate of drug-likeness (QED) is 0.747. The average Bonchev–Trinajstić information content (AvgIpc) is 2.83. The molecule has 2 aliphatic heterocycles. The van der Waals surface area contributed by atoms with Crippen LogP contribution in [0, 0.1) is 18.3 Å². The minimum absolute atomic E-state index is 0.000577. The van der Waals surface area contributed by atoms with E-state index in [1.807, 2.05) is 0 Å². The van der Waals surface area contributed by atoms with Crippen LogP contribution in [0.15, 0.2) is 0 Å². The first-order valence-electron chi connectivity index (χ1n) is 7.66. The molecule has 0 aromatic heterocycles. The SMILES string of the molecule is C#CCN(C(=O)CCC1CCCNC1)C1CCS(=O)(=O)C1. The second-order valence-corrected chi connectivity index (χ2v) is 8.26. The summed E-state index contributed by atoms with van der Waals surface area (Å²) in [6.07, 6.45) is 9.49. The Hall–Kier alpha value is -1.06. The Morgan fingerprint density at radius 1 is 1.38 bits per heavy atom. The van der Waals surface area contributed by atoms with Crippen LogP contribution in [0.2, 0.25) is 0 Å². The van der Waals surface area contributed by atoms with Gasteiger partial charge in [-0.05, 0) is 44.7 Å². The zero-order chi connectivity index (χ0) is 15.3. The van der Waals surface area contributed by atoms with Gasteiger partial charge in [-0.25, -0.2) is 8.42 Å². The maximum atomic E-state index is 12.4. The Balaban J connectivity index is 1.88. The van der Waals surface area contributed by atoms with Crippen molar-refractivity contribution in [3.05, 3.63) is 0 Å². The molecule has 0 spiro atoms. The van der Waals surface area contributed by atoms with Crippen molar-refractivity contribution in [2.24, 2.45) is 5.92 Å². The Bertz CT molecular complexity index is 504. The highest BCUT2D eigenvalue weighted by atomic mass is 32.2. The summed E-state index contributed by atoms with van der Waals surface area (Å²) in [5.74, 6) is 3.26. The van der Waals surface area contributed by atoms with Crippen molar-refractivity contribution in [3.63, 3.8) is 0 Å². The van der Waals surface area contributed by atoms with Gasteiger partial charge in [0.15, 0.2) is 9.84 Å². The van der Waals surface area contributed by atoms with Gasteiger partial charge >= 0.3 is 0 Å². The number of rotatable bonds is 5. The van der Waals surface area contributed by atoms with Gasteiger partial charge in [0.25, 0.3) is 0 Å². The summed E-state index contributed by atoms with van der Waals surface area (Å²) >= 11 is 0. The van der Waals surface area contributed by atoms with E-state index < -0.39 is 9.84 Å². The van der Waals surface area contributed by atoms with Crippen molar-refractivity contribution in [1.29, 1.82) is 0 Å². The van der Waals surface area contributed by atoms with Gasteiger partial charge < -0.3 is 10.2 Å². The van der Waals surface area contributed by atoms with Gasteiger partial charge in [-0.2, -0.15) is 0 Å². The zero-order valence-electron chi connectivity index (χ0n) is 12.4. The summed E-state index contributed by atoms with van der Waals surface area (Å²) in [4.78, 5) is 14.0. The van der Waals surface area contributed by atoms with Crippen LogP contribution in [-0.2, 0) is 14.6 Å². The van der Waals surface area contributed by atoms with Gasteiger partial charge in [-0.15, -0.1) is 6.42 Å². The molecule has 2 atom stereocenters. The number of amides is 1. The van der Waals surface area contributed by atoms with Crippen LogP contribution in [0.25, 0.3) is 0 Å². The van der Waals surface area contributed by atoms with E-state index in [0.717, 1.165) is 32.4 Å². The second-order valence-electron chi connectivity index (χ2n) is 6.03. The Morgan fingerprint density at radius 2 is 2.19 bits per heavy atom. The predicted octanol–water partition coefficient (Wildman–Crippen LogP) is 0.415. The first-order chi connectivity index (χ1) is 10.0. The number of carbonyl (C=O) groups is 1. The lowest BCUT2D eigenvalue weighted by Crippen LogP contribution is -2.41. The van der Waals surface area contributed by atoms with Gasteiger partial charge in [0, 0.05) is 12.5 Å². The lowest BCUT2D eigenvalue weighted by molar-refractivity contribution is -0.132. The summed E-state index contributed by atoms with van der Waals surface area (Å²) in [5, 5.41) is 3.34. The number of carbonyl (C=O) groups excluding carboxylic acids is 1. The third kappa shape index (κ3) is 4.72. The molecule has 0 aromatic carbocycles. The molecule has 0 radical (unpaired) electrons. The molecule has 21 heavy (non-hydrogen) atoms. The second kappa shape index (κ2) is 7.28. The molecule has 2 rings (SSSR count). The smallest absolute Gasteiger partial charge is 0.223 e. The first-order valence-corrected chi connectivity index (χ1v) is 9.48. The molecule has 2 saturated heterocycles. The summed E-state index contributed by atoms with van der Waals surface area (Å²) in [5.41, 5.74) is 0. The van der Waals surface area contributed by atoms with Crippen LogP contribution in [0.4, 0.5) is 0 Å². The molecule has 2 unspecified atom stereocenters. The Morgan fingerprint density at radius 3 is 2.76 bits per heavy atom. The fraction of sp³-hybridized carbons (Fsp3) is 0.800. The third-order valence-corrected chi connectivity index (χ3v) is 6.15.